The van der Waals surface area contributed by atoms with Crippen molar-refractivity contribution in [2.75, 3.05) is 4.90 Å². The Hall–Kier alpha value is -1.36. The SMILES string of the molecule is Cc1cc(Br)ccc1N(C=O)C(=O)O. The third kappa shape index (κ3) is 2.11. The van der Waals surface area contributed by atoms with E-state index >= 15 is 0 Å². The van der Waals surface area contributed by atoms with Crippen LogP contribution in [0.25, 0.3) is 0 Å². The molecule has 1 aromatic carbocycles. The van der Waals surface area contributed by atoms with Gasteiger partial charge < -0.3 is 5.11 Å². The molecule has 0 heterocycles. The summed E-state index contributed by atoms with van der Waals surface area (Å²) in [5.41, 5.74) is 1.09. The number of anilines is 1. The van der Waals surface area contributed by atoms with Gasteiger partial charge in [-0.2, -0.15) is 0 Å². The van der Waals surface area contributed by atoms with Crippen molar-refractivity contribution in [1.82, 2.24) is 0 Å². The lowest BCUT2D eigenvalue weighted by molar-refractivity contribution is -0.107. The number of halogens is 1. The zero-order chi connectivity index (χ0) is 10.7. The molecule has 1 N–H and O–H groups in total. The van der Waals surface area contributed by atoms with Gasteiger partial charge in [-0.25, -0.2) is 9.69 Å². The predicted octanol–water partition coefficient (Wildman–Crippen LogP) is 2.40. The number of hydrogen-bond acceptors (Lipinski definition) is 2. The molecule has 0 aliphatic carbocycles. The van der Waals surface area contributed by atoms with Crippen molar-refractivity contribution in [2.45, 2.75) is 6.92 Å². The van der Waals surface area contributed by atoms with Crippen molar-refractivity contribution in [2.24, 2.45) is 0 Å². The predicted molar refractivity (Wildman–Crippen MR) is 55.4 cm³/mol. The summed E-state index contributed by atoms with van der Waals surface area (Å²) in [6.45, 7) is 1.74. The summed E-state index contributed by atoms with van der Waals surface area (Å²) in [7, 11) is 0. The van der Waals surface area contributed by atoms with E-state index in [9.17, 15) is 9.59 Å². The first-order valence-corrected chi connectivity index (χ1v) is 4.59. The number of carbonyl (C=O) groups is 2. The minimum atomic E-state index is -1.29. The van der Waals surface area contributed by atoms with Gasteiger partial charge in [0.25, 0.3) is 0 Å². The molecule has 1 aromatic rings. The molecule has 74 valence electrons. The summed E-state index contributed by atoms with van der Waals surface area (Å²) in [4.78, 5) is 21.8. The van der Waals surface area contributed by atoms with E-state index in [-0.39, 0.29) is 6.41 Å². The Labute approximate surface area is 89.3 Å². The quantitative estimate of drug-likeness (QED) is 0.828. The van der Waals surface area contributed by atoms with E-state index < -0.39 is 6.09 Å². The Morgan fingerprint density at radius 1 is 1.57 bits per heavy atom. The van der Waals surface area contributed by atoms with Gasteiger partial charge in [0.15, 0.2) is 0 Å². The molecule has 0 unspecified atom stereocenters. The highest BCUT2D eigenvalue weighted by Crippen LogP contribution is 2.22. The Kier molecular flexibility index (Phi) is 3.24. The number of amides is 2. The number of nitrogens with zero attached hydrogens (tertiary/aromatic N) is 1. The molecule has 0 saturated heterocycles. The van der Waals surface area contributed by atoms with Gasteiger partial charge in [0.2, 0.25) is 6.41 Å². The average Bonchev–Trinajstić information content (AvgIpc) is 2.09. The van der Waals surface area contributed by atoms with Gasteiger partial charge in [-0.1, -0.05) is 15.9 Å². The molecule has 2 amide bonds. The first kappa shape index (κ1) is 10.7. The minimum absolute atomic E-state index is 0.276. The van der Waals surface area contributed by atoms with Crippen LogP contribution >= 0.6 is 15.9 Å². The Morgan fingerprint density at radius 2 is 2.21 bits per heavy atom. The molecule has 0 spiro atoms. The second kappa shape index (κ2) is 4.23. The summed E-state index contributed by atoms with van der Waals surface area (Å²) in [5.74, 6) is 0. The number of carbonyl (C=O) groups excluding carboxylic acids is 1. The monoisotopic (exact) mass is 257 g/mol. The maximum atomic E-state index is 10.7. The number of aryl methyl sites for hydroxylation is 1. The first-order valence-electron chi connectivity index (χ1n) is 3.80. The van der Waals surface area contributed by atoms with Crippen molar-refractivity contribution in [3.63, 3.8) is 0 Å². The highest BCUT2D eigenvalue weighted by Gasteiger charge is 2.14. The molecule has 4 nitrogen and oxygen atoms in total. The number of benzene rings is 1. The van der Waals surface area contributed by atoms with Crippen LogP contribution in [0, 0.1) is 6.92 Å². The summed E-state index contributed by atoms with van der Waals surface area (Å²) < 4.78 is 0.843. The molecule has 0 fully saturated rings. The Bertz CT molecular complexity index is 378. The molecule has 0 aliphatic rings. The second-order valence-electron chi connectivity index (χ2n) is 2.69. The van der Waals surface area contributed by atoms with Crippen molar-refractivity contribution in [3.8, 4) is 0 Å². The Balaban J connectivity index is 3.17. The standard InChI is InChI=1S/C9H8BrNO3/c1-6-4-7(10)2-3-8(6)11(5-12)9(13)14/h2-5H,1H3,(H,13,14). The average molecular weight is 258 g/mol. The maximum Gasteiger partial charge on any atom is 0.418 e. The summed E-state index contributed by atoms with van der Waals surface area (Å²) in [6.07, 6.45) is -1.01. The third-order valence-electron chi connectivity index (χ3n) is 1.73. The van der Waals surface area contributed by atoms with Crippen LogP contribution in [-0.2, 0) is 4.79 Å². The lowest BCUT2D eigenvalue weighted by atomic mass is 10.2. The van der Waals surface area contributed by atoms with Gasteiger partial charge in [0.05, 0.1) is 5.69 Å². The third-order valence-corrected chi connectivity index (χ3v) is 2.22. The molecular weight excluding hydrogens is 250 g/mol. The minimum Gasteiger partial charge on any atom is -0.464 e. The molecular formula is C9H8BrNO3. The van der Waals surface area contributed by atoms with Crippen LogP contribution in [0.15, 0.2) is 22.7 Å². The molecule has 1 rings (SSSR count). The van der Waals surface area contributed by atoms with Gasteiger partial charge >= 0.3 is 6.09 Å². The molecule has 0 aromatic heterocycles. The summed E-state index contributed by atoms with van der Waals surface area (Å²) in [5, 5.41) is 8.70. The molecule has 0 atom stereocenters. The summed E-state index contributed by atoms with van der Waals surface area (Å²) in [6, 6.07) is 5.00. The molecule has 0 aliphatic heterocycles. The number of imide groups is 1. The maximum absolute atomic E-state index is 10.7. The van der Waals surface area contributed by atoms with Crippen molar-refractivity contribution >= 4 is 34.1 Å². The fourth-order valence-electron chi connectivity index (χ4n) is 1.09. The topological polar surface area (TPSA) is 57.6 Å². The molecule has 0 bridgehead atoms. The zero-order valence-electron chi connectivity index (χ0n) is 7.40. The van der Waals surface area contributed by atoms with Gasteiger partial charge in [-0.15, -0.1) is 0 Å². The van der Waals surface area contributed by atoms with E-state index in [0.717, 1.165) is 4.47 Å². The normalized spacial score (nSPS) is 9.57. The van der Waals surface area contributed by atoms with E-state index in [2.05, 4.69) is 15.9 Å². The lowest BCUT2D eigenvalue weighted by Crippen LogP contribution is -2.27. The first-order chi connectivity index (χ1) is 6.56. The van der Waals surface area contributed by atoms with E-state index in [1.807, 2.05) is 0 Å². The van der Waals surface area contributed by atoms with Gasteiger partial charge in [0, 0.05) is 4.47 Å². The fourth-order valence-corrected chi connectivity index (χ4v) is 1.57. The molecule has 5 heteroatoms. The van der Waals surface area contributed by atoms with Gasteiger partial charge in [0.1, 0.15) is 0 Å². The van der Waals surface area contributed by atoms with Crippen LogP contribution in [0.3, 0.4) is 0 Å². The van der Waals surface area contributed by atoms with Crippen LogP contribution in [0.1, 0.15) is 5.56 Å². The molecule has 0 saturated carbocycles. The highest BCUT2D eigenvalue weighted by molar-refractivity contribution is 9.10. The van der Waals surface area contributed by atoms with E-state index in [1.54, 1.807) is 25.1 Å². The van der Waals surface area contributed by atoms with E-state index in [0.29, 0.717) is 16.2 Å². The van der Waals surface area contributed by atoms with Crippen LogP contribution in [-0.4, -0.2) is 17.6 Å². The van der Waals surface area contributed by atoms with Crippen LogP contribution < -0.4 is 4.90 Å². The second-order valence-corrected chi connectivity index (χ2v) is 3.60. The number of carboxylic acid groups (broad SMARTS) is 1. The molecule has 0 radical (unpaired) electrons. The summed E-state index contributed by atoms with van der Waals surface area (Å²) >= 11 is 3.25. The van der Waals surface area contributed by atoms with Crippen molar-refractivity contribution < 1.29 is 14.7 Å². The van der Waals surface area contributed by atoms with E-state index in [1.165, 1.54) is 0 Å². The Morgan fingerprint density at radius 3 is 2.64 bits per heavy atom. The van der Waals surface area contributed by atoms with Crippen molar-refractivity contribution in [3.05, 3.63) is 28.2 Å². The van der Waals surface area contributed by atoms with Crippen LogP contribution in [0.2, 0.25) is 0 Å². The van der Waals surface area contributed by atoms with Crippen LogP contribution in [0.5, 0.6) is 0 Å². The number of rotatable bonds is 2. The fraction of sp³-hybridized carbons (Fsp3) is 0.111. The van der Waals surface area contributed by atoms with Gasteiger partial charge in [-0.05, 0) is 30.7 Å². The zero-order valence-corrected chi connectivity index (χ0v) is 8.98. The van der Waals surface area contributed by atoms with Crippen LogP contribution in [0.4, 0.5) is 10.5 Å². The van der Waals surface area contributed by atoms with Gasteiger partial charge in [-0.3, -0.25) is 4.79 Å². The molecule has 14 heavy (non-hydrogen) atoms. The largest absolute Gasteiger partial charge is 0.464 e. The highest BCUT2D eigenvalue weighted by atomic mass is 79.9. The number of hydrogen-bond donors (Lipinski definition) is 1. The smallest absolute Gasteiger partial charge is 0.418 e. The van der Waals surface area contributed by atoms with E-state index in [4.69, 9.17) is 5.11 Å². The van der Waals surface area contributed by atoms with Crippen molar-refractivity contribution in [1.29, 1.82) is 0 Å². The lowest BCUT2D eigenvalue weighted by Gasteiger charge is -2.13.